The van der Waals surface area contributed by atoms with Crippen molar-refractivity contribution in [1.82, 2.24) is 15.8 Å². The lowest BCUT2D eigenvalue weighted by Crippen LogP contribution is -2.58. The molecule has 3 rings (SSSR count). The van der Waals surface area contributed by atoms with E-state index in [1.807, 2.05) is 10.9 Å². The Morgan fingerprint density at radius 2 is 1.94 bits per heavy atom. The molecule has 3 atom stereocenters. The molecular weight excluding hydrogens is 462 g/mol. The molecule has 2 fully saturated rings. The van der Waals surface area contributed by atoms with Crippen LogP contribution >= 0.6 is 11.6 Å². The van der Waals surface area contributed by atoms with Crippen molar-refractivity contribution >= 4 is 45.3 Å². The summed E-state index contributed by atoms with van der Waals surface area (Å²) in [5.41, 5.74) is 3.40. The molecule has 5 N–H and O–H groups in total. The number of β-lactam (4-membered cyclic amide) rings is 1. The number of phenolic OH excluding ortho intramolecular Hbond substituents is 2. The van der Waals surface area contributed by atoms with E-state index in [9.17, 15) is 42.9 Å². The molecule has 168 valence electrons. The van der Waals surface area contributed by atoms with Gasteiger partial charge in [0.05, 0.1) is 17.0 Å². The summed E-state index contributed by atoms with van der Waals surface area (Å²) < 4.78 is 28.1. The van der Waals surface area contributed by atoms with Crippen molar-refractivity contribution in [2.45, 2.75) is 29.5 Å². The van der Waals surface area contributed by atoms with Gasteiger partial charge in [-0.15, -0.1) is 0 Å². The van der Waals surface area contributed by atoms with Gasteiger partial charge in [-0.2, -0.15) is 0 Å². The van der Waals surface area contributed by atoms with E-state index in [-0.39, 0.29) is 12.0 Å². The molecule has 0 saturated carbocycles. The predicted octanol–water partition coefficient (Wildman–Crippen LogP) is -0.679. The lowest BCUT2D eigenvalue weighted by Gasteiger charge is -2.35. The van der Waals surface area contributed by atoms with E-state index in [1.165, 1.54) is 0 Å². The quantitative estimate of drug-likeness (QED) is 0.210. The van der Waals surface area contributed by atoms with Gasteiger partial charge >= 0.3 is 12.1 Å². The maximum absolute atomic E-state index is 12.7. The highest BCUT2D eigenvalue weighted by Crippen LogP contribution is 2.46. The number of fused-ring (bicyclic) bond motifs is 1. The standard InChI is InChI=1S/C16H16ClN3O10S/c1-16(12(14(25)26)20-8(22)4-9(20)31(16,28)29)5-30-15(27)19-18-13(24)6-2-3-7(21)11(23)10(6)17/h2-3,9,12,21,23H,4-5H2,1H3,(H,18,24)(H,19,27)(H,25,26)/t9-,12+,16+/m1/s1. The Balaban J connectivity index is 1.66. The minimum atomic E-state index is -4.18. The van der Waals surface area contributed by atoms with E-state index in [1.54, 1.807) is 0 Å². The van der Waals surface area contributed by atoms with Gasteiger partial charge < -0.3 is 25.0 Å². The lowest BCUT2D eigenvalue weighted by molar-refractivity contribution is -0.158. The largest absolute Gasteiger partial charge is 0.504 e. The number of amides is 3. The maximum Gasteiger partial charge on any atom is 0.426 e. The Hall–Kier alpha value is -3.26. The Morgan fingerprint density at radius 3 is 2.52 bits per heavy atom. The molecular formula is C16H16ClN3O10S. The summed E-state index contributed by atoms with van der Waals surface area (Å²) in [7, 11) is -4.18. The Morgan fingerprint density at radius 1 is 1.29 bits per heavy atom. The van der Waals surface area contributed by atoms with Crippen LogP contribution in [-0.4, -0.2) is 75.3 Å². The van der Waals surface area contributed by atoms with Crippen LogP contribution in [0.4, 0.5) is 4.79 Å². The van der Waals surface area contributed by atoms with E-state index < -0.39 is 73.0 Å². The normalized spacial score (nSPS) is 25.9. The minimum absolute atomic E-state index is 0.309. The summed E-state index contributed by atoms with van der Waals surface area (Å²) in [5.74, 6) is -4.54. The Kier molecular flexibility index (Phi) is 5.40. The fraction of sp³-hybridized carbons (Fsp3) is 0.375. The molecule has 2 heterocycles. The number of benzene rings is 1. The topological polar surface area (TPSA) is 200 Å². The summed E-state index contributed by atoms with van der Waals surface area (Å²) in [6.07, 6.45) is -1.68. The Bertz CT molecular complexity index is 1110. The zero-order valence-corrected chi connectivity index (χ0v) is 17.2. The molecule has 1 aromatic rings. The smallest absolute Gasteiger partial charge is 0.426 e. The van der Waals surface area contributed by atoms with E-state index in [2.05, 4.69) is 0 Å². The van der Waals surface area contributed by atoms with Crippen LogP contribution in [0, 0.1) is 0 Å². The van der Waals surface area contributed by atoms with Crippen molar-refractivity contribution < 1.29 is 47.7 Å². The second-order valence-corrected chi connectivity index (χ2v) is 9.95. The molecule has 1 aromatic carbocycles. The Labute approximate surface area is 179 Å². The van der Waals surface area contributed by atoms with Crippen LogP contribution in [0.2, 0.25) is 5.02 Å². The number of phenols is 2. The van der Waals surface area contributed by atoms with Crippen molar-refractivity contribution in [2.24, 2.45) is 0 Å². The van der Waals surface area contributed by atoms with Crippen LogP contribution in [-0.2, 0) is 24.2 Å². The lowest BCUT2D eigenvalue weighted by atomic mass is 9.97. The van der Waals surface area contributed by atoms with Crippen molar-refractivity contribution in [3.63, 3.8) is 0 Å². The summed E-state index contributed by atoms with van der Waals surface area (Å²) in [4.78, 5) is 48.0. The predicted molar refractivity (Wildman–Crippen MR) is 101 cm³/mol. The number of aliphatic carboxylic acids is 1. The molecule has 2 saturated heterocycles. The molecule has 0 unspecified atom stereocenters. The van der Waals surface area contributed by atoms with Crippen LogP contribution < -0.4 is 10.9 Å². The second-order valence-electron chi connectivity index (χ2n) is 7.01. The van der Waals surface area contributed by atoms with Crippen LogP contribution in [0.15, 0.2) is 12.1 Å². The molecule has 31 heavy (non-hydrogen) atoms. The molecule has 0 aromatic heterocycles. The number of hydrazine groups is 1. The molecule has 0 aliphatic carbocycles. The molecule has 3 amide bonds. The monoisotopic (exact) mass is 477 g/mol. The molecule has 0 bridgehead atoms. The van der Waals surface area contributed by atoms with E-state index in [4.69, 9.17) is 16.3 Å². The van der Waals surface area contributed by atoms with Gasteiger partial charge in [-0.05, 0) is 19.1 Å². The molecule has 0 spiro atoms. The summed E-state index contributed by atoms with van der Waals surface area (Å²) in [6, 6.07) is 0.298. The van der Waals surface area contributed by atoms with Gasteiger partial charge in [0.25, 0.3) is 5.91 Å². The van der Waals surface area contributed by atoms with Gasteiger partial charge in [0, 0.05) is 0 Å². The highest BCUT2D eigenvalue weighted by Gasteiger charge is 2.70. The fourth-order valence-electron chi connectivity index (χ4n) is 3.42. The zero-order chi connectivity index (χ0) is 23.3. The summed E-state index contributed by atoms with van der Waals surface area (Å²) >= 11 is 5.73. The number of carboxylic acids is 1. The van der Waals surface area contributed by atoms with Crippen LogP contribution in [0.5, 0.6) is 11.5 Å². The number of rotatable bonds is 4. The minimum Gasteiger partial charge on any atom is -0.504 e. The average molecular weight is 478 g/mol. The maximum atomic E-state index is 12.7. The van der Waals surface area contributed by atoms with Crippen LogP contribution in [0.3, 0.4) is 0 Å². The highest BCUT2D eigenvalue weighted by atomic mass is 35.5. The first-order chi connectivity index (χ1) is 14.3. The molecule has 2 aliphatic rings. The first-order valence-corrected chi connectivity index (χ1v) is 10.5. The second kappa shape index (κ2) is 7.46. The van der Waals surface area contributed by atoms with Gasteiger partial charge in [0.2, 0.25) is 5.91 Å². The van der Waals surface area contributed by atoms with E-state index >= 15 is 0 Å². The first kappa shape index (κ1) is 22.4. The van der Waals surface area contributed by atoms with Crippen LogP contribution in [0.25, 0.3) is 0 Å². The number of hydrogen-bond acceptors (Lipinski definition) is 9. The number of nitrogens with one attached hydrogen (secondary N) is 2. The van der Waals surface area contributed by atoms with Gasteiger partial charge in [-0.1, -0.05) is 11.6 Å². The fourth-order valence-corrected chi connectivity index (χ4v) is 5.94. The number of carboxylic acid groups (broad SMARTS) is 1. The number of nitrogens with zero attached hydrogens (tertiary/aromatic N) is 1. The molecule has 15 heteroatoms. The number of hydrogen-bond donors (Lipinski definition) is 5. The van der Waals surface area contributed by atoms with Crippen molar-refractivity contribution in [1.29, 1.82) is 0 Å². The third-order valence-corrected chi connectivity index (χ3v) is 8.29. The first-order valence-electron chi connectivity index (χ1n) is 8.54. The summed E-state index contributed by atoms with van der Waals surface area (Å²) in [6.45, 7) is 0.145. The highest BCUT2D eigenvalue weighted by molar-refractivity contribution is 7.94. The van der Waals surface area contributed by atoms with Gasteiger partial charge in [-0.3, -0.25) is 15.0 Å². The molecule has 2 aliphatic heterocycles. The third-order valence-electron chi connectivity index (χ3n) is 5.15. The van der Waals surface area contributed by atoms with Crippen molar-refractivity contribution in [3.05, 3.63) is 22.7 Å². The number of aromatic hydroxyl groups is 2. The molecule has 13 nitrogen and oxygen atoms in total. The number of sulfone groups is 1. The number of halogens is 1. The van der Waals surface area contributed by atoms with Crippen LogP contribution in [0.1, 0.15) is 23.7 Å². The number of ether oxygens (including phenoxy) is 1. The zero-order valence-electron chi connectivity index (χ0n) is 15.7. The molecule has 0 radical (unpaired) electrons. The number of carbonyl (C=O) groups is 4. The summed E-state index contributed by atoms with van der Waals surface area (Å²) in [5, 5.41) is 26.5. The SMILES string of the molecule is C[C@]1(COC(=O)NNC(=O)c2ccc(O)c(O)c2Cl)[C@H](C(=O)O)N2C(=O)C[C@H]2S1(=O)=O. The van der Waals surface area contributed by atoms with Crippen molar-refractivity contribution in [2.75, 3.05) is 6.61 Å². The van der Waals surface area contributed by atoms with Gasteiger partial charge in [0.1, 0.15) is 16.7 Å². The van der Waals surface area contributed by atoms with E-state index in [0.717, 1.165) is 24.0 Å². The van der Waals surface area contributed by atoms with Crippen molar-refractivity contribution in [3.8, 4) is 11.5 Å². The number of carbonyl (C=O) groups excluding carboxylic acids is 3. The van der Waals surface area contributed by atoms with E-state index in [0.29, 0.717) is 0 Å². The average Bonchev–Trinajstić information content (AvgIpc) is 2.83. The third kappa shape index (κ3) is 3.37. The van der Waals surface area contributed by atoms with Gasteiger partial charge in [0.15, 0.2) is 27.4 Å². The van der Waals surface area contributed by atoms with Gasteiger partial charge in [-0.25, -0.2) is 23.4 Å².